The number of nitrogens with one attached hydrogen (secondary N) is 1. The topological polar surface area (TPSA) is 33.7 Å². The summed E-state index contributed by atoms with van der Waals surface area (Å²) in [5.41, 5.74) is 1.24. The van der Waals surface area contributed by atoms with E-state index in [-0.39, 0.29) is 0 Å². The lowest BCUT2D eigenvalue weighted by molar-refractivity contribution is 0.111. The minimum Gasteiger partial charge on any atom is -0.493 e. The van der Waals surface area contributed by atoms with Gasteiger partial charge in [-0.3, -0.25) is 0 Å². The molecular formula is C17H26N2O2. The molecule has 2 heterocycles. The molecule has 0 radical (unpaired) electrons. The lowest BCUT2D eigenvalue weighted by Gasteiger charge is -2.30. The Balaban J connectivity index is 1.76. The van der Waals surface area contributed by atoms with Gasteiger partial charge in [-0.2, -0.15) is 0 Å². The van der Waals surface area contributed by atoms with Crippen molar-refractivity contribution in [1.29, 1.82) is 0 Å². The predicted octanol–water partition coefficient (Wildman–Crippen LogP) is 2.59. The summed E-state index contributed by atoms with van der Waals surface area (Å²) in [5.74, 6) is 1.81. The Kier molecular flexibility index (Phi) is 4.66. The largest absolute Gasteiger partial charge is 0.493 e. The molecule has 3 rings (SSSR count). The van der Waals surface area contributed by atoms with Gasteiger partial charge >= 0.3 is 0 Å². The Labute approximate surface area is 127 Å². The summed E-state index contributed by atoms with van der Waals surface area (Å²) < 4.78 is 11.9. The second-order valence-corrected chi connectivity index (χ2v) is 6.15. The standard InChI is InChI=1S/C17H26N2O2/c1-19-11-8-13(9-12-19)21-16-7-3-5-14(17(16)20-2)15-6-4-10-18-15/h3,5,7,13,15,18H,4,6,8-12H2,1-2H3. The summed E-state index contributed by atoms with van der Waals surface area (Å²) in [6.45, 7) is 3.31. The Hall–Kier alpha value is -1.26. The van der Waals surface area contributed by atoms with Gasteiger partial charge in [-0.1, -0.05) is 12.1 Å². The van der Waals surface area contributed by atoms with E-state index in [0.717, 1.165) is 44.0 Å². The highest BCUT2D eigenvalue weighted by molar-refractivity contribution is 5.48. The molecule has 4 nitrogen and oxygen atoms in total. The number of likely N-dealkylation sites (tertiary alicyclic amines) is 1. The van der Waals surface area contributed by atoms with Crippen LogP contribution < -0.4 is 14.8 Å². The molecule has 2 fully saturated rings. The third-order valence-electron chi connectivity index (χ3n) is 4.61. The zero-order valence-corrected chi connectivity index (χ0v) is 13.1. The smallest absolute Gasteiger partial charge is 0.165 e. The Morgan fingerprint density at radius 2 is 2.00 bits per heavy atom. The highest BCUT2D eigenvalue weighted by Crippen LogP contribution is 2.38. The molecule has 21 heavy (non-hydrogen) atoms. The average molecular weight is 290 g/mol. The van der Waals surface area contributed by atoms with Crippen molar-refractivity contribution in [3.63, 3.8) is 0 Å². The van der Waals surface area contributed by atoms with Gasteiger partial charge in [0.15, 0.2) is 11.5 Å². The van der Waals surface area contributed by atoms with Crippen LogP contribution in [0.1, 0.15) is 37.3 Å². The van der Waals surface area contributed by atoms with Gasteiger partial charge in [0.1, 0.15) is 6.10 Å². The van der Waals surface area contributed by atoms with Crippen LogP contribution in [-0.2, 0) is 0 Å². The quantitative estimate of drug-likeness (QED) is 0.924. The summed E-state index contributed by atoms with van der Waals surface area (Å²) in [7, 11) is 3.92. The Bertz CT molecular complexity index is 464. The molecule has 2 aliphatic rings. The summed E-state index contributed by atoms with van der Waals surface area (Å²) in [6.07, 6.45) is 4.89. The zero-order valence-electron chi connectivity index (χ0n) is 13.1. The molecule has 0 spiro atoms. The Morgan fingerprint density at radius 1 is 1.19 bits per heavy atom. The molecule has 2 saturated heterocycles. The highest BCUT2D eigenvalue weighted by atomic mass is 16.5. The molecule has 0 aromatic heterocycles. The second-order valence-electron chi connectivity index (χ2n) is 6.15. The predicted molar refractivity (Wildman–Crippen MR) is 84.1 cm³/mol. The summed E-state index contributed by atoms with van der Waals surface area (Å²) in [4.78, 5) is 2.36. The van der Waals surface area contributed by atoms with Gasteiger partial charge in [0.05, 0.1) is 7.11 Å². The van der Waals surface area contributed by atoms with Crippen molar-refractivity contribution in [2.75, 3.05) is 33.8 Å². The molecule has 0 saturated carbocycles. The molecule has 1 aromatic carbocycles. The first-order valence-electron chi connectivity index (χ1n) is 8.03. The fourth-order valence-electron chi connectivity index (χ4n) is 3.35. The number of para-hydroxylation sites is 1. The molecule has 1 aromatic rings. The fraction of sp³-hybridized carbons (Fsp3) is 0.647. The fourth-order valence-corrected chi connectivity index (χ4v) is 3.35. The number of ether oxygens (including phenoxy) is 2. The first kappa shape index (κ1) is 14.7. The molecule has 1 atom stereocenters. The van der Waals surface area contributed by atoms with Gasteiger partial charge in [0.25, 0.3) is 0 Å². The van der Waals surface area contributed by atoms with Crippen LogP contribution in [0.4, 0.5) is 0 Å². The third kappa shape index (κ3) is 3.33. The molecule has 4 heteroatoms. The first-order valence-corrected chi connectivity index (χ1v) is 8.03. The molecule has 0 amide bonds. The van der Waals surface area contributed by atoms with E-state index in [4.69, 9.17) is 9.47 Å². The van der Waals surface area contributed by atoms with Crippen molar-refractivity contribution < 1.29 is 9.47 Å². The van der Waals surface area contributed by atoms with Crippen molar-refractivity contribution in [2.45, 2.75) is 37.8 Å². The molecule has 1 unspecified atom stereocenters. The molecule has 2 aliphatic heterocycles. The SMILES string of the molecule is COc1c(OC2CCN(C)CC2)cccc1C1CCCN1. The van der Waals surface area contributed by atoms with Crippen LogP contribution in [0, 0.1) is 0 Å². The Morgan fingerprint density at radius 3 is 2.67 bits per heavy atom. The number of benzene rings is 1. The van der Waals surface area contributed by atoms with Gasteiger partial charge in [-0.15, -0.1) is 0 Å². The van der Waals surface area contributed by atoms with Crippen LogP contribution in [0.3, 0.4) is 0 Å². The van der Waals surface area contributed by atoms with Crippen molar-refractivity contribution >= 4 is 0 Å². The van der Waals surface area contributed by atoms with Crippen molar-refractivity contribution in [3.8, 4) is 11.5 Å². The molecule has 0 bridgehead atoms. The molecular weight excluding hydrogens is 264 g/mol. The van der Waals surface area contributed by atoms with E-state index in [2.05, 4.69) is 29.4 Å². The van der Waals surface area contributed by atoms with Crippen LogP contribution in [-0.4, -0.2) is 44.8 Å². The van der Waals surface area contributed by atoms with Gasteiger partial charge in [0.2, 0.25) is 0 Å². The molecule has 116 valence electrons. The molecule has 1 N–H and O–H groups in total. The lowest BCUT2D eigenvalue weighted by atomic mass is 10.0. The van der Waals surface area contributed by atoms with Gasteiger partial charge in [-0.25, -0.2) is 0 Å². The van der Waals surface area contributed by atoms with E-state index in [0.29, 0.717) is 12.1 Å². The maximum atomic E-state index is 6.25. The minimum atomic E-state index is 0.307. The van der Waals surface area contributed by atoms with Crippen LogP contribution in [0.25, 0.3) is 0 Å². The highest BCUT2D eigenvalue weighted by Gasteiger charge is 2.24. The number of hydrogen-bond donors (Lipinski definition) is 1. The number of piperidine rings is 1. The zero-order chi connectivity index (χ0) is 14.7. The maximum absolute atomic E-state index is 6.25. The van der Waals surface area contributed by atoms with Crippen LogP contribution in [0.2, 0.25) is 0 Å². The second kappa shape index (κ2) is 6.67. The van der Waals surface area contributed by atoms with Crippen LogP contribution >= 0.6 is 0 Å². The maximum Gasteiger partial charge on any atom is 0.165 e. The van der Waals surface area contributed by atoms with Crippen LogP contribution in [0.5, 0.6) is 11.5 Å². The average Bonchev–Trinajstić information content (AvgIpc) is 3.03. The van der Waals surface area contributed by atoms with E-state index in [1.54, 1.807) is 7.11 Å². The van der Waals surface area contributed by atoms with Crippen molar-refractivity contribution in [1.82, 2.24) is 10.2 Å². The monoisotopic (exact) mass is 290 g/mol. The summed E-state index contributed by atoms with van der Waals surface area (Å²) in [6, 6.07) is 6.68. The summed E-state index contributed by atoms with van der Waals surface area (Å²) >= 11 is 0. The minimum absolute atomic E-state index is 0.307. The molecule has 0 aliphatic carbocycles. The van der Waals surface area contributed by atoms with E-state index >= 15 is 0 Å². The van der Waals surface area contributed by atoms with Gasteiger partial charge in [-0.05, 0) is 45.3 Å². The number of nitrogens with zero attached hydrogens (tertiary/aromatic N) is 1. The lowest BCUT2D eigenvalue weighted by Crippen LogP contribution is -2.35. The third-order valence-corrected chi connectivity index (χ3v) is 4.61. The van der Waals surface area contributed by atoms with Crippen molar-refractivity contribution in [3.05, 3.63) is 23.8 Å². The van der Waals surface area contributed by atoms with Gasteiger partial charge < -0.3 is 19.7 Å². The van der Waals surface area contributed by atoms with Crippen LogP contribution in [0.15, 0.2) is 18.2 Å². The van der Waals surface area contributed by atoms with E-state index in [1.807, 2.05) is 6.07 Å². The van der Waals surface area contributed by atoms with Crippen molar-refractivity contribution in [2.24, 2.45) is 0 Å². The van der Waals surface area contributed by atoms with E-state index < -0.39 is 0 Å². The number of hydrogen-bond acceptors (Lipinski definition) is 4. The first-order chi connectivity index (χ1) is 10.3. The normalized spacial score (nSPS) is 24.2. The summed E-state index contributed by atoms with van der Waals surface area (Å²) in [5, 5.41) is 3.54. The number of rotatable bonds is 4. The number of methoxy groups -OCH3 is 1. The van der Waals surface area contributed by atoms with E-state index in [9.17, 15) is 0 Å². The van der Waals surface area contributed by atoms with E-state index in [1.165, 1.54) is 18.4 Å². The van der Waals surface area contributed by atoms with Gasteiger partial charge in [0, 0.05) is 24.7 Å².